The summed E-state index contributed by atoms with van der Waals surface area (Å²) in [7, 11) is -7.57. The van der Waals surface area contributed by atoms with Gasteiger partial charge in [0.15, 0.2) is 0 Å². The van der Waals surface area contributed by atoms with E-state index in [9.17, 15) is 21.6 Å². The number of para-hydroxylation sites is 1. The van der Waals surface area contributed by atoms with Crippen LogP contribution < -0.4 is 10.0 Å². The maximum atomic E-state index is 13.1. The van der Waals surface area contributed by atoms with E-state index in [4.69, 9.17) is 11.6 Å². The van der Waals surface area contributed by atoms with Gasteiger partial charge in [0, 0.05) is 24.5 Å². The molecule has 11 heteroatoms. The van der Waals surface area contributed by atoms with Gasteiger partial charge in [-0.15, -0.1) is 0 Å². The van der Waals surface area contributed by atoms with Crippen LogP contribution in [0.15, 0.2) is 82.6 Å². The maximum absolute atomic E-state index is 13.1. The van der Waals surface area contributed by atoms with E-state index in [1.165, 1.54) is 46.8 Å². The second kappa shape index (κ2) is 10.6. The van der Waals surface area contributed by atoms with Gasteiger partial charge in [0.2, 0.25) is 10.0 Å². The Morgan fingerprint density at radius 2 is 1.47 bits per heavy atom. The molecule has 0 atom stereocenters. The number of piperidine rings is 1. The quantitative estimate of drug-likeness (QED) is 0.440. The van der Waals surface area contributed by atoms with Crippen LogP contribution in [0.3, 0.4) is 0 Å². The van der Waals surface area contributed by atoms with E-state index in [0.29, 0.717) is 30.4 Å². The molecule has 3 aromatic carbocycles. The molecule has 0 aliphatic carbocycles. The minimum absolute atomic E-state index is 0.0000285. The average molecular weight is 548 g/mol. The van der Waals surface area contributed by atoms with Crippen LogP contribution >= 0.6 is 11.6 Å². The SMILES string of the molecule is CC1CCN(S(=O)(=O)c2ccc(Cl)c(C(=O)Nc3ccc(S(=O)(=O)Nc4ccccc4)cc3)c2)CC1. The average Bonchev–Trinajstić information content (AvgIpc) is 2.85. The zero-order valence-corrected chi connectivity index (χ0v) is 21.9. The molecule has 0 saturated carbocycles. The minimum atomic E-state index is -3.81. The van der Waals surface area contributed by atoms with E-state index in [-0.39, 0.29) is 20.4 Å². The molecule has 0 bridgehead atoms. The third-order valence-corrected chi connectivity index (χ3v) is 9.63. The van der Waals surface area contributed by atoms with Crippen molar-refractivity contribution in [3.63, 3.8) is 0 Å². The summed E-state index contributed by atoms with van der Waals surface area (Å²) in [6.07, 6.45) is 1.57. The lowest BCUT2D eigenvalue weighted by Gasteiger charge is -2.29. The van der Waals surface area contributed by atoms with E-state index in [1.807, 2.05) is 0 Å². The van der Waals surface area contributed by atoms with Gasteiger partial charge in [0.05, 0.1) is 20.4 Å². The Hall–Kier alpha value is -2.92. The van der Waals surface area contributed by atoms with Gasteiger partial charge in [-0.1, -0.05) is 36.7 Å². The zero-order valence-electron chi connectivity index (χ0n) is 19.5. The third kappa shape index (κ3) is 5.89. The first-order valence-electron chi connectivity index (χ1n) is 11.4. The van der Waals surface area contributed by atoms with Crippen molar-refractivity contribution in [3.8, 4) is 0 Å². The van der Waals surface area contributed by atoms with E-state index >= 15 is 0 Å². The number of anilines is 2. The van der Waals surface area contributed by atoms with Crippen molar-refractivity contribution >= 4 is 48.9 Å². The molecule has 2 N–H and O–H groups in total. The van der Waals surface area contributed by atoms with Crippen LogP contribution in [0.25, 0.3) is 0 Å². The summed E-state index contributed by atoms with van der Waals surface area (Å²) in [4.78, 5) is 12.9. The fourth-order valence-corrected chi connectivity index (χ4v) is 6.61. The Morgan fingerprint density at radius 3 is 2.11 bits per heavy atom. The Balaban J connectivity index is 1.49. The topological polar surface area (TPSA) is 113 Å². The lowest BCUT2D eigenvalue weighted by atomic mass is 10.0. The van der Waals surface area contributed by atoms with Crippen LogP contribution in [0.1, 0.15) is 30.1 Å². The Bertz CT molecular complexity index is 1450. The number of hydrogen-bond acceptors (Lipinski definition) is 5. The van der Waals surface area contributed by atoms with Crippen LogP contribution in [0.4, 0.5) is 11.4 Å². The number of amides is 1. The molecule has 0 unspecified atom stereocenters. The molecule has 1 saturated heterocycles. The summed E-state index contributed by atoms with van der Waals surface area (Å²) in [5.41, 5.74) is 0.761. The molecule has 8 nitrogen and oxygen atoms in total. The van der Waals surface area contributed by atoms with Gasteiger partial charge in [-0.05, 0) is 73.4 Å². The van der Waals surface area contributed by atoms with Gasteiger partial charge in [0.1, 0.15) is 0 Å². The number of halogens is 1. The monoisotopic (exact) mass is 547 g/mol. The van der Waals surface area contributed by atoms with Gasteiger partial charge in [0.25, 0.3) is 15.9 Å². The largest absolute Gasteiger partial charge is 0.322 e. The molecule has 1 aliphatic rings. The first kappa shape index (κ1) is 26.2. The zero-order chi connectivity index (χ0) is 25.9. The van der Waals surface area contributed by atoms with E-state index in [2.05, 4.69) is 17.0 Å². The van der Waals surface area contributed by atoms with Gasteiger partial charge < -0.3 is 5.32 Å². The highest BCUT2D eigenvalue weighted by molar-refractivity contribution is 7.92. The highest BCUT2D eigenvalue weighted by Gasteiger charge is 2.29. The molecule has 0 radical (unpaired) electrons. The number of nitrogens with one attached hydrogen (secondary N) is 2. The number of carbonyl (C=O) groups is 1. The molecule has 0 aromatic heterocycles. The second-order valence-corrected chi connectivity index (χ2v) is 12.7. The van der Waals surface area contributed by atoms with Crippen LogP contribution in [0, 0.1) is 5.92 Å². The summed E-state index contributed by atoms with van der Waals surface area (Å²) in [6, 6.07) is 18.2. The van der Waals surface area contributed by atoms with Crippen molar-refractivity contribution in [2.45, 2.75) is 29.6 Å². The molecule has 4 rings (SSSR count). The number of carbonyl (C=O) groups excluding carboxylic acids is 1. The number of rotatable bonds is 7. The third-order valence-electron chi connectivity index (χ3n) is 6.01. The first-order chi connectivity index (χ1) is 17.1. The van der Waals surface area contributed by atoms with E-state index < -0.39 is 26.0 Å². The molecule has 1 amide bonds. The van der Waals surface area contributed by atoms with Crippen molar-refractivity contribution in [1.82, 2.24) is 4.31 Å². The van der Waals surface area contributed by atoms with Crippen molar-refractivity contribution in [2.24, 2.45) is 5.92 Å². The number of nitrogens with zero attached hydrogens (tertiary/aromatic N) is 1. The Morgan fingerprint density at radius 1 is 0.861 bits per heavy atom. The van der Waals surface area contributed by atoms with Crippen molar-refractivity contribution < 1.29 is 21.6 Å². The highest BCUT2D eigenvalue weighted by atomic mass is 35.5. The summed E-state index contributed by atoms with van der Waals surface area (Å²) < 4.78 is 55.3. The van der Waals surface area contributed by atoms with Crippen LogP contribution in [-0.4, -0.2) is 40.1 Å². The maximum Gasteiger partial charge on any atom is 0.261 e. The first-order valence-corrected chi connectivity index (χ1v) is 14.7. The fraction of sp³-hybridized carbons (Fsp3) is 0.240. The van der Waals surface area contributed by atoms with Crippen molar-refractivity contribution in [3.05, 3.63) is 83.4 Å². The van der Waals surface area contributed by atoms with Crippen LogP contribution in [-0.2, 0) is 20.0 Å². The van der Waals surface area contributed by atoms with Crippen LogP contribution in [0.5, 0.6) is 0 Å². The minimum Gasteiger partial charge on any atom is -0.322 e. The van der Waals surface area contributed by atoms with Gasteiger partial charge >= 0.3 is 0 Å². The van der Waals surface area contributed by atoms with Gasteiger partial charge in [-0.3, -0.25) is 9.52 Å². The molecule has 0 spiro atoms. The molecule has 36 heavy (non-hydrogen) atoms. The molecule has 1 fully saturated rings. The second-order valence-electron chi connectivity index (χ2n) is 8.68. The number of hydrogen-bond donors (Lipinski definition) is 2. The molecule has 1 heterocycles. The number of benzene rings is 3. The Labute approximate surface area is 216 Å². The van der Waals surface area contributed by atoms with Gasteiger partial charge in [-0.2, -0.15) is 4.31 Å². The highest BCUT2D eigenvalue weighted by Crippen LogP contribution is 2.27. The van der Waals surface area contributed by atoms with Crippen molar-refractivity contribution in [2.75, 3.05) is 23.1 Å². The Kier molecular flexibility index (Phi) is 7.70. The fourth-order valence-electron chi connectivity index (χ4n) is 3.85. The lowest BCUT2D eigenvalue weighted by Crippen LogP contribution is -2.37. The van der Waals surface area contributed by atoms with Crippen LogP contribution in [0.2, 0.25) is 5.02 Å². The predicted octanol–water partition coefficient (Wildman–Crippen LogP) is 4.81. The predicted molar refractivity (Wildman–Crippen MR) is 140 cm³/mol. The molecular formula is C25H26ClN3O5S2. The standard InChI is InChI=1S/C25H26ClN3O5S2/c1-18-13-15-29(16-14-18)36(33,34)22-11-12-24(26)23(17-22)25(30)27-19-7-9-21(10-8-19)35(31,32)28-20-5-3-2-4-6-20/h2-12,17-18,28H,13-16H2,1H3,(H,27,30). The summed E-state index contributed by atoms with van der Waals surface area (Å²) in [5.74, 6) is -0.138. The summed E-state index contributed by atoms with van der Waals surface area (Å²) in [6.45, 7) is 2.96. The molecule has 1 aliphatic heterocycles. The lowest BCUT2D eigenvalue weighted by molar-refractivity contribution is 0.102. The van der Waals surface area contributed by atoms with E-state index in [1.54, 1.807) is 30.3 Å². The molecular weight excluding hydrogens is 522 g/mol. The van der Waals surface area contributed by atoms with E-state index in [0.717, 1.165) is 12.8 Å². The smallest absolute Gasteiger partial charge is 0.261 e. The summed E-state index contributed by atoms with van der Waals surface area (Å²) >= 11 is 6.22. The van der Waals surface area contributed by atoms with Gasteiger partial charge in [-0.25, -0.2) is 16.8 Å². The summed E-state index contributed by atoms with van der Waals surface area (Å²) in [5, 5.41) is 2.75. The molecule has 3 aromatic rings. The van der Waals surface area contributed by atoms with Crippen molar-refractivity contribution in [1.29, 1.82) is 0 Å². The normalized spacial score (nSPS) is 15.4. The molecule has 190 valence electrons. The number of sulfonamides is 2.